The molecule has 1 aliphatic heterocycles. The second-order valence-electron chi connectivity index (χ2n) is 11.1. The summed E-state index contributed by atoms with van der Waals surface area (Å²) in [4.78, 5) is 32.8. The normalized spacial score (nSPS) is 20.4. The molecule has 1 fully saturated rings. The first-order chi connectivity index (χ1) is 16.8. The lowest BCUT2D eigenvalue weighted by Gasteiger charge is -2.37. The zero-order valence-corrected chi connectivity index (χ0v) is 23.4. The van der Waals surface area contributed by atoms with E-state index >= 15 is 0 Å². The van der Waals surface area contributed by atoms with Crippen molar-refractivity contribution in [3.63, 3.8) is 0 Å². The Labute approximate surface area is 221 Å². The van der Waals surface area contributed by atoms with Gasteiger partial charge in [0.15, 0.2) is 0 Å². The Balaban J connectivity index is 2.28. The van der Waals surface area contributed by atoms with Crippen LogP contribution in [0.3, 0.4) is 0 Å². The number of hydrogen-bond acceptors (Lipinski definition) is 7. The molecule has 2 N–H and O–H groups in total. The van der Waals surface area contributed by atoms with Gasteiger partial charge in [0.25, 0.3) is 0 Å². The molecule has 1 aliphatic rings. The number of likely N-dealkylation sites (N-methyl/N-ethyl adjacent to an activating group) is 2. The molecule has 0 spiro atoms. The van der Waals surface area contributed by atoms with Crippen LogP contribution in [0, 0.1) is 5.41 Å². The van der Waals surface area contributed by atoms with Gasteiger partial charge < -0.3 is 20.0 Å². The highest BCUT2D eigenvalue weighted by Gasteiger charge is 2.26. The first-order valence-corrected chi connectivity index (χ1v) is 13.1. The Hall–Kier alpha value is -1.91. The summed E-state index contributed by atoms with van der Waals surface area (Å²) in [7, 11) is 4.12. The number of rotatable bonds is 8. The molecule has 9 heteroatoms. The number of carbonyl (C=O) groups is 2. The van der Waals surface area contributed by atoms with Crippen LogP contribution in [0.4, 0.5) is 0 Å². The van der Waals surface area contributed by atoms with E-state index in [1.165, 1.54) is 0 Å². The Bertz CT molecular complexity index is 872. The van der Waals surface area contributed by atoms with Crippen LogP contribution in [0.1, 0.15) is 31.9 Å². The molecule has 0 aliphatic carbocycles. The average molecular weight is 521 g/mol. The fraction of sp³-hybridized carbons (Fsp3) is 0.667. The quantitative estimate of drug-likeness (QED) is 0.501. The zero-order chi connectivity index (χ0) is 26.9. The van der Waals surface area contributed by atoms with Crippen molar-refractivity contribution in [3.05, 3.63) is 35.4 Å². The van der Waals surface area contributed by atoms with Crippen molar-refractivity contribution in [1.29, 1.82) is 0 Å². The Morgan fingerprint density at radius 2 is 1.36 bits per heavy atom. The van der Waals surface area contributed by atoms with Crippen molar-refractivity contribution in [3.8, 4) is 0 Å². The van der Waals surface area contributed by atoms with Gasteiger partial charge in [-0.05, 0) is 37.1 Å². The SMILES string of the molecule is CN1CCN(C)CCN(CC(=O)O)C(Cc2ccc(CC(=S)C(C)(C)C)cc2)CN(CC(=O)O)CC1. The van der Waals surface area contributed by atoms with Gasteiger partial charge in [0, 0.05) is 63.1 Å². The smallest absolute Gasteiger partial charge is 0.317 e. The summed E-state index contributed by atoms with van der Waals surface area (Å²) in [5.74, 6) is -1.74. The number of hydrogen-bond donors (Lipinski definition) is 2. The van der Waals surface area contributed by atoms with E-state index in [9.17, 15) is 19.8 Å². The molecule has 0 aromatic heterocycles. The molecule has 36 heavy (non-hydrogen) atoms. The number of nitrogens with zero attached hydrogens (tertiary/aromatic N) is 4. The highest BCUT2D eigenvalue weighted by molar-refractivity contribution is 7.80. The molecule has 1 atom stereocenters. The molecular formula is C27H44N4O4S. The second kappa shape index (κ2) is 14.1. The molecule has 1 unspecified atom stereocenters. The van der Waals surface area contributed by atoms with Crippen LogP contribution < -0.4 is 0 Å². The van der Waals surface area contributed by atoms with Crippen LogP contribution in [0.25, 0.3) is 0 Å². The van der Waals surface area contributed by atoms with Crippen molar-refractivity contribution >= 4 is 29.0 Å². The summed E-state index contributed by atoms with van der Waals surface area (Å²) < 4.78 is 0. The first-order valence-electron chi connectivity index (χ1n) is 12.7. The van der Waals surface area contributed by atoms with Gasteiger partial charge in [0.05, 0.1) is 13.1 Å². The third kappa shape index (κ3) is 11.0. The maximum Gasteiger partial charge on any atom is 0.317 e. The van der Waals surface area contributed by atoms with Crippen molar-refractivity contribution in [2.75, 3.05) is 73.0 Å². The lowest BCUT2D eigenvalue weighted by atomic mass is 9.88. The molecule has 1 aromatic rings. The van der Waals surface area contributed by atoms with E-state index in [-0.39, 0.29) is 24.5 Å². The summed E-state index contributed by atoms with van der Waals surface area (Å²) in [5.41, 5.74) is 2.25. The van der Waals surface area contributed by atoms with E-state index in [0.717, 1.165) is 48.6 Å². The maximum absolute atomic E-state index is 11.8. The van der Waals surface area contributed by atoms with Gasteiger partial charge in [-0.15, -0.1) is 0 Å². The van der Waals surface area contributed by atoms with Gasteiger partial charge in [-0.2, -0.15) is 0 Å². The second-order valence-corrected chi connectivity index (χ2v) is 11.6. The van der Waals surface area contributed by atoms with Gasteiger partial charge >= 0.3 is 11.9 Å². The number of aliphatic carboxylic acids is 2. The first kappa shape index (κ1) is 30.3. The minimum atomic E-state index is -0.870. The van der Waals surface area contributed by atoms with Crippen LogP contribution in [-0.4, -0.2) is 126 Å². The molecule has 1 saturated heterocycles. The van der Waals surface area contributed by atoms with Crippen LogP contribution in [0.15, 0.2) is 24.3 Å². The van der Waals surface area contributed by atoms with Gasteiger partial charge in [0.1, 0.15) is 0 Å². The number of benzene rings is 1. The Morgan fingerprint density at radius 1 is 0.861 bits per heavy atom. The molecule has 0 radical (unpaired) electrons. The fourth-order valence-corrected chi connectivity index (χ4v) is 4.46. The molecule has 2 rings (SSSR count). The maximum atomic E-state index is 11.8. The minimum Gasteiger partial charge on any atom is -0.480 e. The molecule has 0 bridgehead atoms. The van der Waals surface area contributed by atoms with E-state index in [0.29, 0.717) is 26.1 Å². The monoisotopic (exact) mass is 520 g/mol. The summed E-state index contributed by atoms with van der Waals surface area (Å²) >= 11 is 5.61. The molecule has 202 valence electrons. The van der Waals surface area contributed by atoms with E-state index < -0.39 is 11.9 Å². The standard InChI is InChI=1S/C27H44N4O4S/c1-27(2,3)24(36)17-22-8-6-21(7-9-22)16-23-18-30(19-25(32)33)14-12-28(4)10-11-29(5)13-15-31(23)20-26(34)35/h6-9,23H,10-20H2,1-5H3,(H,32,33)(H,34,35). The molecule has 1 aromatic carbocycles. The van der Waals surface area contributed by atoms with Crippen LogP contribution >= 0.6 is 12.2 Å². The average Bonchev–Trinajstić information content (AvgIpc) is 2.77. The van der Waals surface area contributed by atoms with Gasteiger partial charge in [-0.25, -0.2) is 0 Å². The number of thiocarbonyl (C=S) groups is 1. The molecular weight excluding hydrogens is 476 g/mol. The largest absolute Gasteiger partial charge is 0.480 e. The molecule has 8 nitrogen and oxygen atoms in total. The zero-order valence-electron chi connectivity index (χ0n) is 22.6. The van der Waals surface area contributed by atoms with Crippen molar-refractivity contribution in [1.82, 2.24) is 19.6 Å². The summed E-state index contributed by atoms with van der Waals surface area (Å²) in [6, 6.07) is 8.26. The Kier molecular flexibility index (Phi) is 11.9. The van der Waals surface area contributed by atoms with Gasteiger partial charge in [0.2, 0.25) is 0 Å². The van der Waals surface area contributed by atoms with E-state index in [4.69, 9.17) is 12.2 Å². The summed E-state index contributed by atoms with van der Waals surface area (Å²) in [6.07, 6.45) is 1.40. The molecule has 0 amide bonds. The van der Waals surface area contributed by atoms with Crippen molar-refractivity contribution in [2.24, 2.45) is 5.41 Å². The third-order valence-corrected chi connectivity index (χ3v) is 7.57. The van der Waals surface area contributed by atoms with Crippen LogP contribution in [-0.2, 0) is 22.4 Å². The van der Waals surface area contributed by atoms with Crippen molar-refractivity contribution in [2.45, 2.75) is 39.7 Å². The van der Waals surface area contributed by atoms with Gasteiger partial charge in [-0.3, -0.25) is 19.4 Å². The minimum absolute atomic E-state index is 0.0200. The predicted octanol–water partition coefficient (Wildman–Crippen LogP) is 2.21. The lowest BCUT2D eigenvalue weighted by molar-refractivity contribution is -0.141. The van der Waals surface area contributed by atoms with Gasteiger partial charge in [-0.1, -0.05) is 57.3 Å². The number of carboxylic acids is 2. The highest BCUT2D eigenvalue weighted by atomic mass is 32.1. The third-order valence-electron chi connectivity index (χ3n) is 6.81. The van der Waals surface area contributed by atoms with Crippen molar-refractivity contribution < 1.29 is 19.8 Å². The fourth-order valence-electron chi connectivity index (χ4n) is 4.29. The molecule has 0 saturated carbocycles. The van der Waals surface area contributed by atoms with E-state index in [2.05, 4.69) is 68.9 Å². The van der Waals surface area contributed by atoms with E-state index in [1.807, 2.05) is 9.80 Å². The lowest BCUT2D eigenvalue weighted by Crippen LogP contribution is -2.52. The van der Waals surface area contributed by atoms with Crippen LogP contribution in [0.2, 0.25) is 0 Å². The topological polar surface area (TPSA) is 87.6 Å². The molecule has 1 heterocycles. The van der Waals surface area contributed by atoms with E-state index in [1.54, 1.807) is 0 Å². The van der Waals surface area contributed by atoms with Crippen LogP contribution in [0.5, 0.6) is 0 Å². The highest BCUT2D eigenvalue weighted by Crippen LogP contribution is 2.20. The number of carboxylic acid groups (broad SMARTS) is 2. The predicted molar refractivity (Wildman–Crippen MR) is 148 cm³/mol. The summed E-state index contributed by atoms with van der Waals surface area (Å²) in [5, 5.41) is 19.2. The Morgan fingerprint density at radius 3 is 1.89 bits per heavy atom. The summed E-state index contributed by atoms with van der Waals surface area (Å²) in [6.45, 7) is 11.2.